The van der Waals surface area contributed by atoms with Crippen molar-refractivity contribution in [3.8, 4) is 0 Å². The monoisotopic (exact) mass is 440 g/mol. The minimum atomic E-state index is -1.63. The highest BCUT2D eigenvalue weighted by atomic mass is 32.2. The maximum atomic E-state index is 12.9. The topological polar surface area (TPSA) is 135 Å². The second kappa shape index (κ2) is 5.17. The molecule has 30 heavy (non-hydrogen) atoms. The van der Waals surface area contributed by atoms with Gasteiger partial charge in [-0.05, 0) is 19.4 Å². The highest BCUT2D eigenvalue weighted by molar-refractivity contribution is 7.84. The third kappa shape index (κ3) is 1.88. The molecule has 12 atom stereocenters. The number of rotatable bonds is 3. The Bertz CT molecular complexity index is 960. The van der Waals surface area contributed by atoms with Crippen LogP contribution in [0.3, 0.4) is 0 Å². The van der Waals surface area contributed by atoms with Gasteiger partial charge in [-0.1, -0.05) is 6.92 Å². The second-order valence-electron chi connectivity index (χ2n) is 10.2. The fourth-order valence-corrected chi connectivity index (χ4v) is 8.13. The molecule has 0 amide bonds. The fourth-order valence-electron chi connectivity index (χ4n) is 7.15. The van der Waals surface area contributed by atoms with E-state index < -0.39 is 87.3 Å². The molecule has 4 heterocycles. The van der Waals surface area contributed by atoms with Gasteiger partial charge in [-0.3, -0.25) is 9.00 Å². The average molecular weight is 440 g/mol. The van der Waals surface area contributed by atoms with Gasteiger partial charge in [0.2, 0.25) is 0 Å². The van der Waals surface area contributed by atoms with Crippen molar-refractivity contribution in [2.45, 2.75) is 68.6 Å². The molecule has 164 valence electrons. The first-order chi connectivity index (χ1) is 13.9. The van der Waals surface area contributed by atoms with E-state index in [4.69, 9.17) is 18.9 Å². The fraction of sp³-hybridized carbons (Fsp3) is 0.800. The number of hydrogen-bond acceptors (Lipinski definition) is 9. The van der Waals surface area contributed by atoms with Crippen LogP contribution in [0.5, 0.6) is 0 Å². The largest absolute Gasteiger partial charge is 0.459 e. The molecule has 2 saturated carbocycles. The standard InChI is InChI=1S/C20H24O9S/c1-17(24,6-30(4)25)15-20-7(5-8(21)26-15)18(2)11-9(14(20)29-20)28-16(23)19(11,3)12(22)10-13(18)27-10/h5,9-15,22,24H,6H2,1-4H3/t9-,10+,11+,12-,13+,14+,15+,17-,18+,19+,20-,30+/m0/s1. The molecule has 0 radical (unpaired) electrons. The summed E-state index contributed by atoms with van der Waals surface area (Å²) < 4.78 is 35.2. The van der Waals surface area contributed by atoms with Gasteiger partial charge in [0.1, 0.15) is 29.3 Å². The summed E-state index contributed by atoms with van der Waals surface area (Å²) in [6, 6.07) is 0. The van der Waals surface area contributed by atoms with Crippen molar-refractivity contribution in [3.05, 3.63) is 11.6 Å². The van der Waals surface area contributed by atoms with Crippen molar-refractivity contribution in [1.29, 1.82) is 0 Å². The Morgan fingerprint density at radius 3 is 2.53 bits per heavy atom. The minimum absolute atomic E-state index is 0.111. The number of cyclic esters (lactones) is 1. The molecular formula is C20H24O9S. The third-order valence-corrected chi connectivity index (χ3v) is 9.27. The maximum absolute atomic E-state index is 12.9. The molecule has 2 aliphatic carbocycles. The first kappa shape index (κ1) is 19.4. The van der Waals surface area contributed by atoms with Crippen molar-refractivity contribution < 1.29 is 43.0 Å². The molecule has 6 aliphatic rings. The van der Waals surface area contributed by atoms with E-state index in [-0.39, 0.29) is 5.75 Å². The number of epoxide rings is 2. The maximum Gasteiger partial charge on any atom is 0.331 e. The Hall–Kier alpha value is -1.33. The molecule has 4 aliphatic heterocycles. The quantitative estimate of drug-likeness (QED) is 0.410. The Morgan fingerprint density at radius 2 is 1.87 bits per heavy atom. The van der Waals surface area contributed by atoms with Crippen molar-refractivity contribution in [2.75, 3.05) is 12.0 Å². The first-order valence-corrected chi connectivity index (χ1v) is 11.8. The summed E-state index contributed by atoms with van der Waals surface area (Å²) in [5.74, 6) is -1.72. The summed E-state index contributed by atoms with van der Waals surface area (Å²) in [5, 5.41) is 22.0. The zero-order valence-corrected chi connectivity index (χ0v) is 17.8. The molecule has 0 aromatic rings. The number of carbonyl (C=O) groups is 2. The molecule has 10 heteroatoms. The van der Waals surface area contributed by atoms with E-state index in [1.54, 1.807) is 6.92 Å². The summed E-state index contributed by atoms with van der Waals surface area (Å²) in [4.78, 5) is 25.6. The van der Waals surface area contributed by atoms with Gasteiger partial charge in [0.05, 0.1) is 18.0 Å². The van der Waals surface area contributed by atoms with Gasteiger partial charge in [0.25, 0.3) is 0 Å². The number of carbonyl (C=O) groups excluding carboxylic acids is 2. The van der Waals surface area contributed by atoms with Crippen LogP contribution in [-0.2, 0) is 39.3 Å². The second-order valence-corrected chi connectivity index (χ2v) is 11.6. The number of fused-ring (bicyclic) bond motifs is 4. The number of esters is 2. The van der Waals surface area contributed by atoms with E-state index in [1.165, 1.54) is 19.3 Å². The van der Waals surface area contributed by atoms with Gasteiger partial charge in [-0.25, -0.2) is 4.79 Å². The summed E-state index contributed by atoms with van der Waals surface area (Å²) >= 11 is 0. The van der Waals surface area contributed by atoms with Gasteiger partial charge in [0, 0.05) is 34.5 Å². The lowest BCUT2D eigenvalue weighted by molar-refractivity contribution is -0.169. The molecule has 1 spiro atoms. The predicted octanol–water partition coefficient (Wildman–Crippen LogP) is -1.18. The number of hydrogen-bond donors (Lipinski definition) is 2. The van der Waals surface area contributed by atoms with Gasteiger partial charge >= 0.3 is 11.9 Å². The third-order valence-electron chi connectivity index (χ3n) is 8.28. The minimum Gasteiger partial charge on any atom is -0.459 e. The van der Waals surface area contributed by atoms with Crippen molar-refractivity contribution >= 4 is 22.7 Å². The van der Waals surface area contributed by atoms with E-state index >= 15 is 0 Å². The van der Waals surface area contributed by atoms with Crippen molar-refractivity contribution in [1.82, 2.24) is 0 Å². The average Bonchev–Trinajstić information content (AvgIpc) is 3.52. The molecule has 0 bridgehead atoms. The van der Waals surface area contributed by atoms with E-state index in [0.29, 0.717) is 5.57 Å². The number of aliphatic hydroxyl groups is 2. The summed E-state index contributed by atoms with van der Waals surface area (Å²) in [5.41, 5.74) is -4.23. The van der Waals surface area contributed by atoms with E-state index in [2.05, 4.69) is 0 Å². The molecule has 6 rings (SSSR count). The molecule has 5 fully saturated rings. The van der Waals surface area contributed by atoms with E-state index in [9.17, 15) is 24.0 Å². The van der Waals surface area contributed by atoms with Crippen LogP contribution < -0.4 is 0 Å². The molecule has 0 aromatic heterocycles. The molecule has 9 nitrogen and oxygen atoms in total. The first-order valence-electron chi connectivity index (χ1n) is 10.1. The normalized spacial score (nSPS) is 57.4. The van der Waals surface area contributed by atoms with Crippen LogP contribution >= 0.6 is 0 Å². The molecule has 2 N–H and O–H groups in total. The van der Waals surface area contributed by atoms with Gasteiger partial charge in [-0.2, -0.15) is 0 Å². The Labute approximate surface area is 175 Å². The van der Waals surface area contributed by atoms with Crippen molar-refractivity contribution in [3.63, 3.8) is 0 Å². The molecule has 0 unspecified atom stereocenters. The van der Waals surface area contributed by atoms with Crippen LogP contribution in [0.25, 0.3) is 0 Å². The summed E-state index contributed by atoms with van der Waals surface area (Å²) in [6.45, 7) is 5.07. The van der Waals surface area contributed by atoms with Gasteiger partial charge in [-0.15, -0.1) is 0 Å². The lowest BCUT2D eigenvalue weighted by Crippen LogP contribution is -2.68. The number of ether oxygens (including phenoxy) is 4. The van der Waals surface area contributed by atoms with Crippen LogP contribution in [0.4, 0.5) is 0 Å². The van der Waals surface area contributed by atoms with Crippen LogP contribution in [0, 0.1) is 16.7 Å². The number of aliphatic hydroxyl groups excluding tert-OH is 1. The lowest BCUT2D eigenvalue weighted by atomic mass is 9.46. The smallest absolute Gasteiger partial charge is 0.331 e. The Kier molecular flexibility index (Phi) is 3.34. The van der Waals surface area contributed by atoms with Crippen LogP contribution in [0.1, 0.15) is 20.8 Å². The van der Waals surface area contributed by atoms with E-state index in [1.807, 2.05) is 6.92 Å². The SMILES string of the molecule is C[S@@](=O)C[C@](C)(O)[C@H]1OC(=O)C=C2[C@]3(C)[C@H]4[C@H](OC(=O)[C@@]4(C)[C@@H](O)[C@H]4O[C@H]43)[C@H]3O[C@@]231. The Balaban J connectivity index is 1.54. The van der Waals surface area contributed by atoms with Crippen molar-refractivity contribution in [2.24, 2.45) is 16.7 Å². The van der Waals surface area contributed by atoms with Gasteiger partial charge in [0.15, 0.2) is 11.7 Å². The van der Waals surface area contributed by atoms with Crippen LogP contribution in [0.2, 0.25) is 0 Å². The molecule has 3 saturated heterocycles. The predicted molar refractivity (Wildman–Crippen MR) is 99.4 cm³/mol. The lowest BCUT2D eigenvalue weighted by Gasteiger charge is -2.54. The summed E-state index contributed by atoms with van der Waals surface area (Å²) in [7, 11) is -1.36. The zero-order chi connectivity index (χ0) is 21.6. The zero-order valence-electron chi connectivity index (χ0n) is 17.0. The van der Waals surface area contributed by atoms with Crippen LogP contribution in [0.15, 0.2) is 11.6 Å². The highest BCUT2D eigenvalue weighted by Gasteiger charge is 2.89. The Morgan fingerprint density at radius 1 is 1.17 bits per heavy atom. The molecular weight excluding hydrogens is 416 g/mol. The van der Waals surface area contributed by atoms with Gasteiger partial charge < -0.3 is 29.2 Å². The highest BCUT2D eigenvalue weighted by Crippen LogP contribution is 2.75. The molecule has 0 aromatic carbocycles. The van der Waals surface area contributed by atoms with E-state index in [0.717, 1.165) is 0 Å². The van der Waals surface area contributed by atoms with Crippen LogP contribution in [-0.4, -0.2) is 86.2 Å². The summed E-state index contributed by atoms with van der Waals surface area (Å²) in [6.07, 6.45) is -1.54.